The van der Waals surface area contributed by atoms with Gasteiger partial charge in [-0.3, -0.25) is 14.6 Å². The van der Waals surface area contributed by atoms with E-state index in [1.54, 1.807) is 0 Å². The van der Waals surface area contributed by atoms with Crippen LogP contribution in [0.3, 0.4) is 0 Å². The molecule has 5 rings (SSSR count). The number of pyridine rings is 1. The summed E-state index contributed by atoms with van der Waals surface area (Å²) in [7, 11) is 0. The van der Waals surface area contributed by atoms with Gasteiger partial charge in [-0.05, 0) is 101 Å². The number of aryl methyl sites for hydroxylation is 2. The lowest BCUT2D eigenvalue weighted by Crippen LogP contribution is -2.40. The number of rotatable bonds is 5. The van der Waals surface area contributed by atoms with Crippen molar-refractivity contribution in [2.45, 2.75) is 50.9 Å². The lowest BCUT2D eigenvalue weighted by molar-refractivity contribution is -0.133. The molecule has 2 fully saturated rings. The number of carbonyl (C=O) groups is 2. The van der Waals surface area contributed by atoms with Crippen LogP contribution in [0.2, 0.25) is 5.02 Å². The average Bonchev–Trinajstić information content (AvgIpc) is 3.53. The first-order chi connectivity index (χ1) is 16.3. The molecule has 5 nitrogen and oxygen atoms in total. The Morgan fingerprint density at radius 2 is 1.76 bits per heavy atom. The zero-order valence-corrected chi connectivity index (χ0v) is 22.8. The van der Waals surface area contributed by atoms with E-state index in [2.05, 4.69) is 44.0 Å². The number of hydrogen-bond donors (Lipinski definition) is 1. The molecule has 2 N–H and O–H groups in total. The molecule has 2 heterocycles. The van der Waals surface area contributed by atoms with E-state index in [1.165, 1.54) is 16.7 Å². The molecular weight excluding hydrogens is 582 g/mol. The van der Waals surface area contributed by atoms with Gasteiger partial charge in [0, 0.05) is 52.0 Å². The van der Waals surface area contributed by atoms with Crippen molar-refractivity contribution in [2.24, 2.45) is 23.5 Å². The Kier molecular flexibility index (Phi) is 7.07. The highest BCUT2D eigenvalue weighted by Crippen LogP contribution is 2.47. The Bertz CT molecular complexity index is 1130. The van der Waals surface area contributed by atoms with Crippen molar-refractivity contribution in [2.75, 3.05) is 13.1 Å². The number of likely N-dealkylation sites (tertiary alicyclic amines) is 1. The van der Waals surface area contributed by atoms with Crippen LogP contribution in [0, 0.1) is 17.8 Å². The fraction of sp³-hybridized carbons (Fsp3) is 0.500. The molecule has 180 valence electrons. The van der Waals surface area contributed by atoms with E-state index in [0.717, 1.165) is 64.9 Å². The number of primary amides is 1. The van der Waals surface area contributed by atoms with Crippen LogP contribution in [0.5, 0.6) is 0 Å². The van der Waals surface area contributed by atoms with Crippen LogP contribution in [-0.2, 0) is 22.4 Å². The summed E-state index contributed by atoms with van der Waals surface area (Å²) >= 11 is 13.8. The summed E-state index contributed by atoms with van der Waals surface area (Å²) in [6, 6.07) is 6.30. The minimum Gasteiger partial charge on any atom is -0.370 e. The normalized spacial score (nSPS) is 24.2. The Labute approximate surface area is 222 Å². The predicted octanol–water partition coefficient (Wildman–Crippen LogP) is 5.63. The van der Waals surface area contributed by atoms with Gasteiger partial charge in [0.05, 0.1) is 5.69 Å². The van der Waals surface area contributed by atoms with Crippen molar-refractivity contribution in [3.8, 4) is 0 Å². The number of amides is 2. The van der Waals surface area contributed by atoms with Crippen LogP contribution in [-0.4, -0.2) is 34.8 Å². The van der Waals surface area contributed by atoms with Crippen molar-refractivity contribution < 1.29 is 9.59 Å². The second-order valence-electron chi connectivity index (χ2n) is 9.98. The van der Waals surface area contributed by atoms with Crippen LogP contribution in [0.1, 0.15) is 60.4 Å². The Morgan fingerprint density at radius 1 is 1.06 bits per heavy atom. The fourth-order valence-electron chi connectivity index (χ4n) is 5.93. The molecule has 2 unspecified atom stereocenters. The van der Waals surface area contributed by atoms with Gasteiger partial charge in [0.1, 0.15) is 0 Å². The van der Waals surface area contributed by atoms with Crippen molar-refractivity contribution >= 4 is 55.3 Å². The highest BCUT2D eigenvalue weighted by atomic mass is 79.9. The summed E-state index contributed by atoms with van der Waals surface area (Å²) in [4.78, 5) is 31.0. The van der Waals surface area contributed by atoms with E-state index in [-0.39, 0.29) is 17.7 Å². The molecule has 2 aromatic rings. The predicted molar refractivity (Wildman–Crippen MR) is 140 cm³/mol. The van der Waals surface area contributed by atoms with Gasteiger partial charge < -0.3 is 10.6 Å². The maximum Gasteiger partial charge on any atom is 0.222 e. The zero-order chi connectivity index (χ0) is 24.0. The van der Waals surface area contributed by atoms with Gasteiger partial charge in [0.25, 0.3) is 0 Å². The van der Waals surface area contributed by atoms with Gasteiger partial charge >= 0.3 is 0 Å². The van der Waals surface area contributed by atoms with Crippen LogP contribution in [0.15, 0.2) is 33.3 Å². The minimum atomic E-state index is -0.266. The van der Waals surface area contributed by atoms with Crippen LogP contribution < -0.4 is 5.73 Å². The lowest BCUT2D eigenvalue weighted by atomic mass is 9.76. The molecular formula is C26H28Br2ClN3O2. The molecule has 1 saturated heterocycles. The van der Waals surface area contributed by atoms with E-state index < -0.39 is 0 Å². The molecule has 1 aromatic heterocycles. The highest BCUT2D eigenvalue weighted by molar-refractivity contribution is 9.10. The van der Waals surface area contributed by atoms with Gasteiger partial charge in [-0.2, -0.15) is 0 Å². The van der Waals surface area contributed by atoms with Gasteiger partial charge in [-0.15, -0.1) is 0 Å². The monoisotopic (exact) mass is 607 g/mol. The maximum absolute atomic E-state index is 12.9. The topological polar surface area (TPSA) is 76.3 Å². The summed E-state index contributed by atoms with van der Waals surface area (Å²) in [6.45, 7) is 1.53. The molecule has 0 radical (unpaired) electrons. The van der Waals surface area contributed by atoms with E-state index >= 15 is 0 Å². The molecule has 34 heavy (non-hydrogen) atoms. The van der Waals surface area contributed by atoms with E-state index in [4.69, 9.17) is 22.3 Å². The van der Waals surface area contributed by atoms with Gasteiger partial charge in [0.15, 0.2) is 0 Å². The quantitative estimate of drug-likeness (QED) is 0.478. The number of nitrogens with two attached hydrogens (primary N) is 1. The Morgan fingerprint density at radius 3 is 2.50 bits per heavy atom. The maximum atomic E-state index is 12.9. The standard InChI is InChI=1S/C26H28Br2ClN3O2/c27-19-8-16-2-1-15-9-20(29)12-21(28)24(15)25(26(16)31-13-19)14-3-5-32(6-4-14)23(34)11-18-7-17(18)10-22(30)33/h8-9,12-14,17-18,25H,1-7,10-11H2,(H2,30,33)/t17?,18?,25-/m1/s1. The minimum absolute atomic E-state index is 0.174. The molecule has 1 aliphatic heterocycles. The summed E-state index contributed by atoms with van der Waals surface area (Å²) in [5.74, 6) is 1.14. The number of piperidine rings is 1. The molecule has 0 spiro atoms. The Hall–Kier alpha value is -1.44. The Balaban J connectivity index is 1.34. The molecule has 0 bridgehead atoms. The summed E-state index contributed by atoms with van der Waals surface area (Å²) in [6.07, 6.45) is 7.54. The molecule has 3 aliphatic rings. The SMILES string of the molecule is NC(=O)CC1CC1CC(=O)N1CCC([C@H]2c3ncc(Br)cc3CCc3cc(Cl)cc(Br)c32)CC1. The lowest BCUT2D eigenvalue weighted by Gasteiger charge is -2.37. The van der Waals surface area contributed by atoms with Crippen molar-refractivity contribution in [3.05, 3.63) is 60.7 Å². The van der Waals surface area contributed by atoms with Crippen LogP contribution in [0.4, 0.5) is 0 Å². The first-order valence-electron chi connectivity index (χ1n) is 12.0. The number of benzene rings is 1. The van der Waals surface area contributed by atoms with Crippen molar-refractivity contribution in [1.82, 2.24) is 9.88 Å². The average molecular weight is 610 g/mol. The largest absolute Gasteiger partial charge is 0.370 e. The second-order valence-corrected chi connectivity index (χ2v) is 12.2. The highest BCUT2D eigenvalue weighted by Gasteiger charge is 2.41. The van der Waals surface area contributed by atoms with Gasteiger partial charge in [0.2, 0.25) is 11.8 Å². The smallest absolute Gasteiger partial charge is 0.222 e. The molecule has 3 atom stereocenters. The number of hydrogen-bond acceptors (Lipinski definition) is 3. The number of aromatic nitrogens is 1. The first-order valence-corrected chi connectivity index (χ1v) is 13.9. The molecule has 8 heteroatoms. The summed E-state index contributed by atoms with van der Waals surface area (Å²) in [5, 5.41) is 0.750. The number of halogens is 3. The van der Waals surface area contributed by atoms with Gasteiger partial charge in [-0.1, -0.05) is 27.5 Å². The third kappa shape index (κ3) is 5.07. The van der Waals surface area contributed by atoms with Crippen molar-refractivity contribution in [3.63, 3.8) is 0 Å². The van der Waals surface area contributed by atoms with E-state index in [1.807, 2.05) is 17.2 Å². The molecule has 2 aliphatic carbocycles. The van der Waals surface area contributed by atoms with Crippen LogP contribution >= 0.6 is 43.5 Å². The summed E-state index contributed by atoms with van der Waals surface area (Å²) < 4.78 is 2.05. The third-order valence-electron chi connectivity index (χ3n) is 7.75. The summed E-state index contributed by atoms with van der Waals surface area (Å²) in [5.41, 5.74) is 10.3. The number of nitrogens with zero attached hydrogens (tertiary/aromatic N) is 2. The number of fused-ring (bicyclic) bond motifs is 2. The first kappa shape index (κ1) is 24.3. The molecule has 2 amide bonds. The van der Waals surface area contributed by atoms with Crippen LogP contribution in [0.25, 0.3) is 0 Å². The van der Waals surface area contributed by atoms with E-state index in [0.29, 0.717) is 30.6 Å². The molecule has 1 saturated carbocycles. The van der Waals surface area contributed by atoms with E-state index in [9.17, 15) is 9.59 Å². The fourth-order valence-corrected chi connectivity index (χ4v) is 7.43. The van der Waals surface area contributed by atoms with Crippen molar-refractivity contribution in [1.29, 1.82) is 0 Å². The number of carbonyl (C=O) groups excluding carboxylic acids is 2. The zero-order valence-electron chi connectivity index (χ0n) is 18.9. The second kappa shape index (κ2) is 9.90. The third-order valence-corrected chi connectivity index (χ3v) is 9.06. The van der Waals surface area contributed by atoms with Gasteiger partial charge in [-0.25, -0.2) is 0 Å². The molecule has 1 aromatic carbocycles.